The highest BCUT2D eigenvalue weighted by molar-refractivity contribution is 6.35. The van der Waals surface area contributed by atoms with Gasteiger partial charge in [-0.3, -0.25) is 0 Å². The first-order valence-electron chi connectivity index (χ1n) is 3.00. The molecule has 0 amide bonds. The van der Waals surface area contributed by atoms with Crippen LogP contribution in [0.25, 0.3) is 0 Å². The predicted molar refractivity (Wildman–Crippen MR) is 42.4 cm³/mol. The SMILES string of the molecule is COC(=O)/C(C)=N/N=C(\C)N. The van der Waals surface area contributed by atoms with Crippen LogP contribution in [0.1, 0.15) is 13.8 Å². The van der Waals surface area contributed by atoms with Crippen molar-refractivity contribution in [3.05, 3.63) is 0 Å². The van der Waals surface area contributed by atoms with Gasteiger partial charge >= 0.3 is 5.97 Å². The molecule has 0 spiro atoms. The quantitative estimate of drug-likeness (QED) is 0.263. The summed E-state index contributed by atoms with van der Waals surface area (Å²) in [6.45, 7) is 3.08. The van der Waals surface area contributed by atoms with Gasteiger partial charge in [-0.1, -0.05) is 0 Å². The zero-order valence-corrected chi connectivity index (χ0v) is 6.79. The first-order chi connectivity index (χ1) is 5.07. The van der Waals surface area contributed by atoms with Gasteiger partial charge in [0.1, 0.15) is 11.5 Å². The third-order valence-electron chi connectivity index (χ3n) is 0.839. The maximum absolute atomic E-state index is 10.7. The van der Waals surface area contributed by atoms with Crippen LogP contribution in [0.4, 0.5) is 0 Å². The van der Waals surface area contributed by atoms with Crippen molar-refractivity contribution < 1.29 is 9.53 Å². The fourth-order valence-electron chi connectivity index (χ4n) is 0.342. The Labute approximate surface area is 64.9 Å². The van der Waals surface area contributed by atoms with E-state index < -0.39 is 5.97 Å². The summed E-state index contributed by atoms with van der Waals surface area (Å²) in [5, 5.41) is 6.97. The van der Waals surface area contributed by atoms with Gasteiger partial charge in [-0.05, 0) is 13.8 Å². The van der Waals surface area contributed by atoms with E-state index in [9.17, 15) is 4.79 Å². The summed E-state index contributed by atoms with van der Waals surface area (Å²) in [7, 11) is 1.28. The molecule has 0 rings (SSSR count). The molecule has 0 aromatic heterocycles. The van der Waals surface area contributed by atoms with Gasteiger partial charge in [0.25, 0.3) is 0 Å². The van der Waals surface area contributed by atoms with Crippen molar-refractivity contribution in [2.75, 3.05) is 7.11 Å². The van der Waals surface area contributed by atoms with Crippen LogP contribution in [-0.4, -0.2) is 24.6 Å². The Morgan fingerprint density at radius 1 is 1.36 bits per heavy atom. The molecule has 0 aliphatic rings. The molecule has 0 unspecified atom stereocenters. The number of carbonyl (C=O) groups excluding carboxylic acids is 1. The maximum atomic E-state index is 10.7. The summed E-state index contributed by atoms with van der Waals surface area (Å²) < 4.78 is 4.36. The molecule has 0 aliphatic heterocycles. The van der Waals surface area contributed by atoms with Crippen molar-refractivity contribution in [3.63, 3.8) is 0 Å². The standard InChI is InChI=1S/C6H11N3O2/c1-4(6(10)11-3)8-9-5(2)7/h1-3H3,(H2,7,9)/b8-4+. The second kappa shape index (κ2) is 4.43. The van der Waals surface area contributed by atoms with Gasteiger partial charge in [0.15, 0.2) is 0 Å². The summed E-state index contributed by atoms with van der Waals surface area (Å²) >= 11 is 0. The Balaban J connectivity index is 4.23. The molecular formula is C6H11N3O2. The van der Waals surface area contributed by atoms with Gasteiger partial charge in [0.2, 0.25) is 0 Å². The van der Waals surface area contributed by atoms with E-state index in [4.69, 9.17) is 5.73 Å². The van der Waals surface area contributed by atoms with E-state index in [0.717, 1.165) is 0 Å². The highest BCUT2D eigenvalue weighted by Crippen LogP contribution is 1.83. The molecule has 0 radical (unpaired) electrons. The minimum atomic E-state index is -0.505. The summed E-state index contributed by atoms with van der Waals surface area (Å²) in [4.78, 5) is 10.7. The molecular weight excluding hydrogens is 146 g/mol. The van der Waals surface area contributed by atoms with E-state index in [1.54, 1.807) is 6.92 Å². The number of esters is 1. The van der Waals surface area contributed by atoms with Crippen LogP contribution in [0.2, 0.25) is 0 Å². The molecule has 0 aromatic rings. The fraction of sp³-hybridized carbons (Fsp3) is 0.500. The number of rotatable bonds is 2. The normalized spacial score (nSPS) is 13.0. The monoisotopic (exact) mass is 157 g/mol. The number of amidine groups is 1. The minimum absolute atomic E-state index is 0.178. The van der Waals surface area contributed by atoms with Gasteiger partial charge in [-0.2, -0.15) is 0 Å². The van der Waals surface area contributed by atoms with Crippen LogP contribution in [0.15, 0.2) is 10.2 Å². The van der Waals surface area contributed by atoms with Crippen LogP contribution in [0, 0.1) is 0 Å². The van der Waals surface area contributed by atoms with Gasteiger partial charge in [0, 0.05) is 0 Å². The number of ether oxygens (including phenoxy) is 1. The first-order valence-corrected chi connectivity index (χ1v) is 3.00. The Bertz CT molecular complexity index is 204. The Kier molecular flexibility index (Phi) is 3.87. The van der Waals surface area contributed by atoms with Crippen LogP contribution in [0.5, 0.6) is 0 Å². The van der Waals surface area contributed by atoms with Crippen LogP contribution in [0.3, 0.4) is 0 Å². The van der Waals surface area contributed by atoms with Gasteiger partial charge < -0.3 is 10.5 Å². The summed E-state index contributed by atoms with van der Waals surface area (Å²) in [6, 6.07) is 0. The van der Waals surface area contributed by atoms with E-state index >= 15 is 0 Å². The molecule has 0 aliphatic carbocycles. The molecule has 2 N–H and O–H groups in total. The third kappa shape index (κ3) is 4.07. The zero-order chi connectivity index (χ0) is 8.85. The molecule has 0 atom stereocenters. The lowest BCUT2D eigenvalue weighted by atomic mass is 10.4. The van der Waals surface area contributed by atoms with Crippen LogP contribution in [-0.2, 0) is 9.53 Å². The summed E-state index contributed by atoms with van der Waals surface area (Å²) in [6.07, 6.45) is 0. The lowest BCUT2D eigenvalue weighted by molar-refractivity contribution is -0.132. The highest BCUT2D eigenvalue weighted by atomic mass is 16.5. The molecule has 5 heteroatoms. The van der Waals surface area contributed by atoms with Crippen molar-refractivity contribution in [1.29, 1.82) is 0 Å². The smallest absolute Gasteiger partial charge is 0.354 e. The molecule has 0 saturated carbocycles. The lowest BCUT2D eigenvalue weighted by Gasteiger charge is -1.93. The van der Waals surface area contributed by atoms with E-state index in [2.05, 4.69) is 14.9 Å². The van der Waals surface area contributed by atoms with E-state index in [1.165, 1.54) is 14.0 Å². The number of hydrogen-bond acceptors (Lipinski definition) is 4. The molecule has 62 valence electrons. The van der Waals surface area contributed by atoms with E-state index in [-0.39, 0.29) is 5.71 Å². The predicted octanol–water partition coefficient (Wildman–Crippen LogP) is -0.0876. The van der Waals surface area contributed by atoms with Gasteiger partial charge in [-0.25, -0.2) is 4.79 Å². The molecule has 5 nitrogen and oxygen atoms in total. The fourth-order valence-corrected chi connectivity index (χ4v) is 0.342. The zero-order valence-electron chi connectivity index (χ0n) is 6.79. The number of nitrogens with zero attached hydrogens (tertiary/aromatic N) is 2. The minimum Gasteiger partial charge on any atom is -0.464 e. The molecule has 11 heavy (non-hydrogen) atoms. The van der Waals surface area contributed by atoms with Crippen molar-refractivity contribution in [2.45, 2.75) is 13.8 Å². The van der Waals surface area contributed by atoms with E-state index in [1.807, 2.05) is 0 Å². The number of carbonyl (C=O) groups is 1. The Hall–Kier alpha value is -1.39. The van der Waals surface area contributed by atoms with Crippen molar-refractivity contribution in [3.8, 4) is 0 Å². The number of nitrogens with two attached hydrogens (primary N) is 1. The average Bonchev–Trinajstić information content (AvgIpc) is 1.98. The molecule has 0 saturated heterocycles. The summed E-state index contributed by atoms with van der Waals surface area (Å²) in [5.41, 5.74) is 5.35. The highest BCUT2D eigenvalue weighted by Gasteiger charge is 2.03. The van der Waals surface area contributed by atoms with Crippen molar-refractivity contribution in [2.24, 2.45) is 15.9 Å². The van der Waals surface area contributed by atoms with Crippen molar-refractivity contribution >= 4 is 17.5 Å². The molecule has 0 heterocycles. The van der Waals surface area contributed by atoms with E-state index in [0.29, 0.717) is 5.84 Å². The maximum Gasteiger partial charge on any atom is 0.354 e. The van der Waals surface area contributed by atoms with Crippen LogP contribution >= 0.6 is 0 Å². The molecule has 0 fully saturated rings. The second-order valence-corrected chi connectivity index (χ2v) is 1.92. The molecule has 0 bridgehead atoms. The topological polar surface area (TPSA) is 77.0 Å². The number of methoxy groups -OCH3 is 1. The Morgan fingerprint density at radius 3 is 2.27 bits per heavy atom. The molecule has 0 aromatic carbocycles. The number of hydrogen-bond donors (Lipinski definition) is 1. The van der Waals surface area contributed by atoms with Gasteiger partial charge in [-0.15, -0.1) is 10.2 Å². The van der Waals surface area contributed by atoms with Gasteiger partial charge in [0.05, 0.1) is 7.11 Å². The lowest BCUT2D eigenvalue weighted by Crippen LogP contribution is -2.12. The van der Waals surface area contributed by atoms with Crippen LogP contribution < -0.4 is 5.73 Å². The Morgan fingerprint density at radius 2 is 1.91 bits per heavy atom. The largest absolute Gasteiger partial charge is 0.464 e. The average molecular weight is 157 g/mol. The summed E-state index contributed by atoms with van der Waals surface area (Å²) in [5.74, 6) is -0.205. The van der Waals surface area contributed by atoms with Crippen molar-refractivity contribution in [1.82, 2.24) is 0 Å². The second-order valence-electron chi connectivity index (χ2n) is 1.92. The first kappa shape index (κ1) is 9.61. The third-order valence-corrected chi connectivity index (χ3v) is 0.839.